The third-order valence-corrected chi connectivity index (χ3v) is 5.25. The number of aromatic nitrogens is 2. The van der Waals surface area contributed by atoms with Gasteiger partial charge in [-0.25, -0.2) is 4.98 Å². The van der Waals surface area contributed by atoms with Gasteiger partial charge in [0.05, 0.1) is 16.9 Å². The van der Waals surface area contributed by atoms with Gasteiger partial charge in [-0.05, 0) is 30.9 Å². The van der Waals surface area contributed by atoms with E-state index >= 15 is 0 Å². The Morgan fingerprint density at radius 3 is 2.95 bits per heavy atom. The number of nitrogen functional groups attached to an aromatic ring is 1. The van der Waals surface area contributed by atoms with Crippen LogP contribution in [0.2, 0.25) is 0 Å². The number of nitrogens with two attached hydrogens (primary N) is 1. The summed E-state index contributed by atoms with van der Waals surface area (Å²) in [5, 5.41) is 20.5. The quantitative estimate of drug-likeness (QED) is 0.757. The first-order chi connectivity index (χ1) is 10.5. The highest BCUT2D eigenvalue weighted by molar-refractivity contribution is 7.16. The highest BCUT2D eigenvalue weighted by atomic mass is 32.1. The second-order valence-electron chi connectivity index (χ2n) is 5.99. The fourth-order valence-electron chi connectivity index (χ4n) is 3.03. The summed E-state index contributed by atoms with van der Waals surface area (Å²) in [5.74, 6) is 0.557. The molecule has 2 fully saturated rings. The molecule has 3 heterocycles. The topological polar surface area (TPSA) is 111 Å². The van der Waals surface area contributed by atoms with E-state index in [-0.39, 0.29) is 10.8 Å². The molecule has 22 heavy (non-hydrogen) atoms. The molecule has 0 spiro atoms. The zero-order valence-corrected chi connectivity index (χ0v) is 12.6. The van der Waals surface area contributed by atoms with Gasteiger partial charge < -0.3 is 20.7 Å². The van der Waals surface area contributed by atoms with Gasteiger partial charge in [-0.15, -0.1) is 0 Å². The molecule has 7 nitrogen and oxygen atoms in total. The molecule has 0 aromatic carbocycles. The van der Waals surface area contributed by atoms with Crippen molar-refractivity contribution in [1.82, 2.24) is 9.55 Å². The molecule has 2 aromatic heterocycles. The fraction of sp³-hybridized carbons (Fsp3) is 0.571. The second kappa shape index (κ2) is 5.02. The summed E-state index contributed by atoms with van der Waals surface area (Å²) in [4.78, 5) is 16.2. The van der Waals surface area contributed by atoms with Gasteiger partial charge in [0.25, 0.3) is 0 Å². The Morgan fingerprint density at radius 1 is 1.45 bits per heavy atom. The third-order valence-electron chi connectivity index (χ3n) is 4.34. The molecular formula is C14H17N3O4S. The van der Waals surface area contributed by atoms with Crippen molar-refractivity contribution in [1.29, 1.82) is 0 Å². The Labute approximate surface area is 130 Å². The normalized spacial score (nSPS) is 30.0. The number of ether oxygens (including phenoxy) is 1. The minimum absolute atomic E-state index is 0.251. The highest BCUT2D eigenvalue weighted by Gasteiger charge is 2.44. The van der Waals surface area contributed by atoms with Crippen LogP contribution in [-0.4, -0.2) is 38.1 Å². The molecule has 2 aromatic rings. The number of pyridine rings is 1. The van der Waals surface area contributed by atoms with Crippen molar-refractivity contribution in [2.75, 3.05) is 5.73 Å². The molecular weight excluding hydrogens is 306 g/mol. The molecule has 4 rings (SSSR count). The van der Waals surface area contributed by atoms with Crippen LogP contribution in [0.5, 0.6) is 0 Å². The van der Waals surface area contributed by atoms with Gasteiger partial charge in [0.2, 0.25) is 0 Å². The first kappa shape index (κ1) is 14.1. The summed E-state index contributed by atoms with van der Waals surface area (Å²) in [6.07, 6.45) is -0.420. The van der Waals surface area contributed by atoms with Crippen LogP contribution < -0.4 is 10.6 Å². The van der Waals surface area contributed by atoms with Crippen molar-refractivity contribution in [3.8, 4) is 0 Å². The van der Waals surface area contributed by atoms with Crippen molar-refractivity contribution < 1.29 is 14.9 Å². The average Bonchev–Trinajstić information content (AvgIpc) is 3.19. The molecule has 1 saturated carbocycles. The van der Waals surface area contributed by atoms with E-state index in [1.807, 2.05) is 0 Å². The molecule has 1 aliphatic heterocycles. The summed E-state index contributed by atoms with van der Waals surface area (Å²) in [6.45, 7) is 0. The predicted molar refractivity (Wildman–Crippen MR) is 81.6 cm³/mol. The van der Waals surface area contributed by atoms with Crippen molar-refractivity contribution >= 4 is 27.5 Å². The first-order valence-corrected chi connectivity index (χ1v) is 8.15. The Hall–Kier alpha value is -1.48. The predicted octanol–water partition coefficient (Wildman–Crippen LogP) is 0.460. The van der Waals surface area contributed by atoms with E-state index in [2.05, 4.69) is 4.98 Å². The smallest absolute Gasteiger partial charge is 0.311 e. The maximum atomic E-state index is 12.3. The Kier molecular flexibility index (Phi) is 3.23. The van der Waals surface area contributed by atoms with Crippen molar-refractivity contribution in [2.45, 2.75) is 43.8 Å². The van der Waals surface area contributed by atoms with Crippen molar-refractivity contribution in [3.05, 3.63) is 21.8 Å². The Bertz CT molecular complexity index is 769. The highest BCUT2D eigenvalue weighted by Crippen LogP contribution is 2.40. The summed E-state index contributed by atoms with van der Waals surface area (Å²) < 4.78 is 7.84. The van der Waals surface area contributed by atoms with Gasteiger partial charge in [0, 0.05) is 6.42 Å². The minimum atomic E-state index is -0.850. The van der Waals surface area contributed by atoms with E-state index in [9.17, 15) is 15.0 Å². The summed E-state index contributed by atoms with van der Waals surface area (Å²) in [6, 6.07) is 3.37. The van der Waals surface area contributed by atoms with Crippen LogP contribution in [0, 0.1) is 5.92 Å². The van der Waals surface area contributed by atoms with E-state index in [0.29, 0.717) is 22.6 Å². The molecule has 1 saturated heterocycles. The molecule has 4 atom stereocenters. The number of thiazole rings is 1. The third kappa shape index (κ3) is 2.23. The summed E-state index contributed by atoms with van der Waals surface area (Å²) in [5.41, 5.74) is 6.11. The maximum Gasteiger partial charge on any atom is 0.311 e. The molecule has 8 heteroatoms. The molecule has 0 radical (unpaired) electrons. The number of nitrogens with zero attached hydrogens (tertiary/aromatic N) is 2. The zero-order valence-electron chi connectivity index (χ0n) is 11.8. The minimum Gasteiger partial charge on any atom is -0.390 e. The molecule has 118 valence electrons. The van der Waals surface area contributed by atoms with Gasteiger partial charge in [-0.3, -0.25) is 9.36 Å². The van der Waals surface area contributed by atoms with Gasteiger partial charge >= 0.3 is 4.87 Å². The summed E-state index contributed by atoms with van der Waals surface area (Å²) in [7, 11) is 0. The fourth-order valence-corrected chi connectivity index (χ4v) is 3.88. The average molecular weight is 323 g/mol. The Balaban J connectivity index is 1.70. The molecule has 0 bridgehead atoms. The number of hydrogen-bond acceptors (Lipinski definition) is 7. The number of aliphatic hydroxyl groups excluding tert-OH is 2. The van der Waals surface area contributed by atoms with E-state index in [0.717, 1.165) is 24.2 Å². The van der Waals surface area contributed by atoms with Crippen molar-refractivity contribution in [2.24, 2.45) is 5.92 Å². The van der Waals surface area contributed by atoms with Crippen LogP contribution in [0.25, 0.3) is 10.3 Å². The molecule has 2 aliphatic rings. The number of aliphatic hydroxyl groups is 2. The van der Waals surface area contributed by atoms with E-state index in [1.165, 1.54) is 4.57 Å². The van der Waals surface area contributed by atoms with Crippen LogP contribution in [-0.2, 0) is 4.74 Å². The van der Waals surface area contributed by atoms with Gasteiger partial charge in [0.1, 0.15) is 11.9 Å². The molecule has 0 amide bonds. The van der Waals surface area contributed by atoms with Crippen LogP contribution >= 0.6 is 11.3 Å². The lowest BCUT2D eigenvalue weighted by Gasteiger charge is -2.19. The first-order valence-electron chi connectivity index (χ1n) is 7.34. The van der Waals surface area contributed by atoms with E-state index in [4.69, 9.17) is 10.5 Å². The largest absolute Gasteiger partial charge is 0.390 e. The molecule has 1 aliphatic carbocycles. The molecule has 1 unspecified atom stereocenters. The van der Waals surface area contributed by atoms with Gasteiger partial charge in [-0.2, -0.15) is 0 Å². The lowest BCUT2D eigenvalue weighted by atomic mass is 10.1. The SMILES string of the molecule is Nc1ccc2sc(=O)n([C@@H]3O[C@H](C(O)C4CC4)C[C@H]3O)c2n1. The summed E-state index contributed by atoms with van der Waals surface area (Å²) >= 11 is 1.04. The number of anilines is 1. The second-order valence-corrected chi connectivity index (χ2v) is 6.99. The van der Waals surface area contributed by atoms with Crippen LogP contribution in [0.3, 0.4) is 0 Å². The Morgan fingerprint density at radius 2 is 2.23 bits per heavy atom. The lowest BCUT2D eigenvalue weighted by Crippen LogP contribution is -2.29. The van der Waals surface area contributed by atoms with Crippen LogP contribution in [0.15, 0.2) is 16.9 Å². The number of rotatable bonds is 3. The zero-order chi connectivity index (χ0) is 15.4. The van der Waals surface area contributed by atoms with Crippen LogP contribution in [0.4, 0.5) is 5.82 Å². The van der Waals surface area contributed by atoms with Gasteiger partial charge in [0.15, 0.2) is 11.9 Å². The van der Waals surface area contributed by atoms with E-state index < -0.39 is 24.5 Å². The number of hydrogen-bond donors (Lipinski definition) is 3. The van der Waals surface area contributed by atoms with Crippen molar-refractivity contribution in [3.63, 3.8) is 0 Å². The van der Waals surface area contributed by atoms with E-state index in [1.54, 1.807) is 12.1 Å². The maximum absolute atomic E-state index is 12.3. The monoisotopic (exact) mass is 323 g/mol. The van der Waals surface area contributed by atoms with Crippen LogP contribution in [0.1, 0.15) is 25.5 Å². The lowest BCUT2D eigenvalue weighted by molar-refractivity contribution is -0.0797. The number of fused-ring (bicyclic) bond motifs is 1. The standard InChI is InChI=1S/C14H17N3O4S/c15-10-4-3-9-12(16-10)17(14(20)22-9)13-7(18)5-8(21-13)11(19)6-1-2-6/h3-4,6-8,11,13,18-19H,1-2,5H2,(H2,15,16)/t7-,8+,11?,13-/m1/s1. The molecule has 4 N–H and O–H groups in total. The van der Waals surface area contributed by atoms with Gasteiger partial charge in [-0.1, -0.05) is 11.3 Å².